The molecule has 0 spiro atoms. The first-order valence-electron chi connectivity index (χ1n) is 6.16. The van der Waals surface area contributed by atoms with E-state index in [1.165, 1.54) is 0 Å². The van der Waals surface area contributed by atoms with Gasteiger partial charge in [-0.3, -0.25) is 9.69 Å². The molecule has 0 aromatic carbocycles. The molecule has 1 aliphatic heterocycles. The van der Waals surface area contributed by atoms with Crippen LogP contribution in [0.2, 0.25) is 0 Å². The molecule has 0 amide bonds. The van der Waals surface area contributed by atoms with Gasteiger partial charge in [0.1, 0.15) is 6.04 Å². The van der Waals surface area contributed by atoms with Crippen molar-refractivity contribution in [3.63, 3.8) is 0 Å². The topological polar surface area (TPSA) is 62.7 Å². The lowest BCUT2D eigenvalue weighted by molar-refractivity contribution is -0.144. The first-order valence-corrected chi connectivity index (χ1v) is 6.16. The molecule has 1 aliphatic rings. The lowest BCUT2D eigenvalue weighted by Crippen LogP contribution is -2.44. The van der Waals surface area contributed by atoms with E-state index in [1.54, 1.807) is 19.4 Å². The molecule has 1 N–H and O–H groups in total. The molecule has 1 atom stereocenters. The molecule has 2 rings (SSSR count). The van der Waals surface area contributed by atoms with Gasteiger partial charge in [-0.05, 0) is 24.9 Å². The second kappa shape index (κ2) is 5.82. The van der Waals surface area contributed by atoms with E-state index < -0.39 is 5.97 Å². The summed E-state index contributed by atoms with van der Waals surface area (Å²) in [4.78, 5) is 17.3. The highest BCUT2D eigenvalue weighted by Crippen LogP contribution is 2.20. The summed E-state index contributed by atoms with van der Waals surface area (Å²) in [7, 11) is 1.58. The molecular formula is C13H18N2O3. The maximum absolute atomic E-state index is 11.2. The van der Waals surface area contributed by atoms with Gasteiger partial charge in [0.15, 0.2) is 0 Å². The van der Waals surface area contributed by atoms with Gasteiger partial charge >= 0.3 is 5.97 Å². The Morgan fingerprint density at radius 3 is 3.00 bits per heavy atom. The zero-order chi connectivity index (χ0) is 13.0. The van der Waals surface area contributed by atoms with Crippen molar-refractivity contribution in [2.45, 2.75) is 31.8 Å². The number of likely N-dealkylation sites (tertiary alicyclic amines) is 1. The van der Waals surface area contributed by atoms with E-state index in [-0.39, 0.29) is 6.04 Å². The summed E-state index contributed by atoms with van der Waals surface area (Å²) >= 11 is 0. The summed E-state index contributed by atoms with van der Waals surface area (Å²) in [5.74, 6) is -0.150. The Morgan fingerprint density at radius 1 is 1.56 bits per heavy atom. The second-order valence-corrected chi connectivity index (χ2v) is 4.53. The average molecular weight is 250 g/mol. The van der Waals surface area contributed by atoms with Crippen molar-refractivity contribution in [3.8, 4) is 5.88 Å². The molecule has 1 unspecified atom stereocenters. The summed E-state index contributed by atoms with van der Waals surface area (Å²) < 4.78 is 5.00. The molecule has 0 aliphatic carbocycles. The molecule has 1 aromatic heterocycles. The van der Waals surface area contributed by atoms with Crippen molar-refractivity contribution in [1.29, 1.82) is 0 Å². The third kappa shape index (κ3) is 2.98. The molecule has 1 aromatic rings. The third-order valence-corrected chi connectivity index (χ3v) is 3.29. The molecule has 0 saturated carbocycles. The van der Waals surface area contributed by atoms with Crippen molar-refractivity contribution in [3.05, 3.63) is 23.9 Å². The Kier molecular flexibility index (Phi) is 4.15. The molecule has 0 radical (unpaired) electrons. The van der Waals surface area contributed by atoms with E-state index in [0.717, 1.165) is 31.4 Å². The van der Waals surface area contributed by atoms with Crippen LogP contribution < -0.4 is 4.74 Å². The van der Waals surface area contributed by atoms with Crippen LogP contribution >= 0.6 is 0 Å². The number of carboxylic acid groups (broad SMARTS) is 1. The Bertz CT molecular complexity index is 405. The number of hydrogen-bond acceptors (Lipinski definition) is 4. The van der Waals surface area contributed by atoms with Gasteiger partial charge in [0.25, 0.3) is 0 Å². The largest absolute Gasteiger partial charge is 0.481 e. The summed E-state index contributed by atoms with van der Waals surface area (Å²) in [5, 5.41) is 9.19. The highest BCUT2D eigenvalue weighted by molar-refractivity contribution is 5.73. The van der Waals surface area contributed by atoms with Gasteiger partial charge in [-0.25, -0.2) is 4.98 Å². The molecule has 5 nitrogen and oxygen atoms in total. The Morgan fingerprint density at radius 2 is 2.39 bits per heavy atom. The maximum atomic E-state index is 11.2. The van der Waals surface area contributed by atoms with E-state index >= 15 is 0 Å². The highest BCUT2D eigenvalue weighted by atomic mass is 16.5. The number of aliphatic carboxylic acids is 1. The van der Waals surface area contributed by atoms with Crippen LogP contribution in [0.4, 0.5) is 0 Å². The number of nitrogens with zero attached hydrogens (tertiary/aromatic N) is 2. The van der Waals surface area contributed by atoms with Gasteiger partial charge < -0.3 is 9.84 Å². The van der Waals surface area contributed by atoms with Crippen molar-refractivity contribution in [2.75, 3.05) is 13.7 Å². The quantitative estimate of drug-likeness (QED) is 0.878. The minimum atomic E-state index is -0.726. The van der Waals surface area contributed by atoms with Crippen molar-refractivity contribution < 1.29 is 14.6 Å². The summed E-state index contributed by atoms with van der Waals surface area (Å²) in [6, 6.07) is 3.37. The number of carbonyl (C=O) groups is 1. The van der Waals surface area contributed by atoms with Crippen LogP contribution in [0.25, 0.3) is 0 Å². The zero-order valence-corrected chi connectivity index (χ0v) is 10.5. The minimum Gasteiger partial charge on any atom is -0.481 e. The maximum Gasteiger partial charge on any atom is 0.320 e. The lowest BCUT2D eigenvalue weighted by atomic mass is 10.0. The number of ether oxygens (including phenoxy) is 1. The van der Waals surface area contributed by atoms with Gasteiger partial charge in [-0.15, -0.1) is 0 Å². The number of rotatable bonds is 4. The van der Waals surface area contributed by atoms with Gasteiger partial charge in [0.2, 0.25) is 5.88 Å². The average Bonchev–Trinajstić information content (AvgIpc) is 2.40. The molecule has 1 saturated heterocycles. The first-order chi connectivity index (χ1) is 8.70. The number of hydrogen-bond donors (Lipinski definition) is 1. The van der Waals surface area contributed by atoms with Crippen molar-refractivity contribution >= 4 is 5.97 Å². The van der Waals surface area contributed by atoms with Gasteiger partial charge in [0, 0.05) is 18.8 Å². The number of methoxy groups -OCH3 is 1. The third-order valence-electron chi connectivity index (χ3n) is 3.29. The summed E-state index contributed by atoms with van der Waals surface area (Å²) in [6.45, 7) is 1.47. The van der Waals surface area contributed by atoms with Gasteiger partial charge in [0.05, 0.1) is 7.11 Å². The molecule has 18 heavy (non-hydrogen) atoms. The van der Waals surface area contributed by atoms with Crippen LogP contribution in [0.3, 0.4) is 0 Å². The van der Waals surface area contributed by atoms with E-state index in [2.05, 4.69) is 4.98 Å². The summed E-state index contributed by atoms with van der Waals surface area (Å²) in [5.41, 5.74) is 1.02. The SMILES string of the molecule is COc1ccc(CN2CCCCC2C(=O)O)cn1. The Balaban J connectivity index is 2.03. The zero-order valence-electron chi connectivity index (χ0n) is 10.5. The molecule has 98 valence electrons. The van der Waals surface area contributed by atoms with Crippen LogP contribution in [0.15, 0.2) is 18.3 Å². The van der Waals surface area contributed by atoms with Gasteiger partial charge in [-0.1, -0.05) is 12.5 Å². The molecule has 1 fully saturated rings. The van der Waals surface area contributed by atoms with E-state index in [9.17, 15) is 9.90 Å². The van der Waals surface area contributed by atoms with E-state index in [1.807, 2.05) is 11.0 Å². The molecule has 2 heterocycles. The second-order valence-electron chi connectivity index (χ2n) is 4.53. The number of aromatic nitrogens is 1. The predicted octanol–water partition coefficient (Wildman–Crippen LogP) is 1.53. The van der Waals surface area contributed by atoms with Crippen LogP contribution in [0.1, 0.15) is 24.8 Å². The van der Waals surface area contributed by atoms with Crippen LogP contribution in [-0.4, -0.2) is 40.7 Å². The lowest BCUT2D eigenvalue weighted by Gasteiger charge is -2.32. The smallest absolute Gasteiger partial charge is 0.320 e. The number of carboxylic acids is 1. The van der Waals surface area contributed by atoms with Crippen molar-refractivity contribution in [1.82, 2.24) is 9.88 Å². The number of piperidine rings is 1. The van der Waals surface area contributed by atoms with E-state index in [4.69, 9.17) is 4.74 Å². The fourth-order valence-electron chi connectivity index (χ4n) is 2.32. The monoisotopic (exact) mass is 250 g/mol. The minimum absolute atomic E-state index is 0.360. The fourth-order valence-corrected chi connectivity index (χ4v) is 2.32. The van der Waals surface area contributed by atoms with Gasteiger partial charge in [-0.2, -0.15) is 0 Å². The van der Waals surface area contributed by atoms with Crippen molar-refractivity contribution in [2.24, 2.45) is 0 Å². The molecule has 5 heteroatoms. The Labute approximate surface area is 106 Å². The highest BCUT2D eigenvalue weighted by Gasteiger charge is 2.28. The fraction of sp³-hybridized carbons (Fsp3) is 0.538. The van der Waals surface area contributed by atoms with Crippen LogP contribution in [0, 0.1) is 0 Å². The van der Waals surface area contributed by atoms with Crippen LogP contribution in [0.5, 0.6) is 5.88 Å². The van der Waals surface area contributed by atoms with Crippen LogP contribution in [-0.2, 0) is 11.3 Å². The normalized spacial score (nSPS) is 20.6. The summed E-state index contributed by atoms with van der Waals surface area (Å²) in [6.07, 6.45) is 4.53. The van der Waals surface area contributed by atoms with E-state index in [0.29, 0.717) is 12.4 Å². The first kappa shape index (κ1) is 12.8. The predicted molar refractivity (Wildman–Crippen MR) is 66.5 cm³/mol. The Hall–Kier alpha value is -1.62. The number of pyridine rings is 1. The molecule has 0 bridgehead atoms. The molecular weight excluding hydrogens is 232 g/mol. The standard InChI is InChI=1S/C13H18N2O3/c1-18-12-6-5-10(8-14-12)9-15-7-3-2-4-11(15)13(16)17/h5-6,8,11H,2-4,7,9H2,1H3,(H,16,17).